The summed E-state index contributed by atoms with van der Waals surface area (Å²) in [5.41, 5.74) is 3.09. The minimum absolute atomic E-state index is 0.0249. The van der Waals surface area contributed by atoms with Crippen molar-refractivity contribution in [2.24, 2.45) is 11.8 Å². The standard InChI is InChI=1S/C31H46O8/c1-21(2)8-10-24-16-23(11-13-27(24)37-18-34-5)25(14-15-32)30-29(39-20-36-7)17-28(38-19-35-6)26(31(30)33)12-9-22(3)4/h11,13,15-17,21-22,25,33H,8-10,12,14,18-20H2,1-7H3. The van der Waals surface area contributed by atoms with E-state index < -0.39 is 5.92 Å². The Morgan fingerprint density at radius 3 is 1.90 bits per heavy atom. The minimum Gasteiger partial charge on any atom is -0.507 e. The number of methoxy groups -OCH3 is 3. The van der Waals surface area contributed by atoms with Crippen LogP contribution in [0.5, 0.6) is 23.0 Å². The van der Waals surface area contributed by atoms with Crippen LogP contribution in [0.15, 0.2) is 24.3 Å². The highest BCUT2D eigenvalue weighted by Gasteiger charge is 2.28. The van der Waals surface area contributed by atoms with Crippen LogP contribution in [-0.4, -0.2) is 53.1 Å². The Morgan fingerprint density at radius 1 is 0.769 bits per heavy atom. The zero-order valence-electron chi connectivity index (χ0n) is 24.6. The molecule has 1 unspecified atom stereocenters. The first-order valence-corrected chi connectivity index (χ1v) is 13.6. The summed E-state index contributed by atoms with van der Waals surface area (Å²) in [6, 6.07) is 7.66. The topological polar surface area (TPSA) is 92.7 Å². The lowest BCUT2D eigenvalue weighted by atomic mass is 9.84. The number of aryl methyl sites for hydroxylation is 1. The summed E-state index contributed by atoms with van der Waals surface area (Å²) in [6.07, 6.45) is 4.25. The molecule has 0 spiro atoms. The highest BCUT2D eigenvalue weighted by Crippen LogP contribution is 2.47. The van der Waals surface area contributed by atoms with Crippen molar-refractivity contribution in [2.45, 2.75) is 65.7 Å². The molecule has 0 bridgehead atoms. The zero-order chi connectivity index (χ0) is 28.8. The summed E-state index contributed by atoms with van der Waals surface area (Å²) in [6.45, 7) is 8.76. The van der Waals surface area contributed by atoms with E-state index in [1.165, 1.54) is 7.11 Å². The van der Waals surface area contributed by atoms with Gasteiger partial charge in [-0.3, -0.25) is 0 Å². The van der Waals surface area contributed by atoms with Gasteiger partial charge in [-0.05, 0) is 54.7 Å². The van der Waals surface area contributed by atoms with Crippen LogP contribution in [0.1, 0.15) is 75.1 Å². The van der Waals surface area contributed by atoms with Crippen LogP contribution >= 0.6 is 0 Å². The number of carbonyl (C=O) groups excluding carboxylic acids is 1. The molecule has 0 amide bonds. The molecule has 0 aliphatic heterocycles. The summed E-state index contributed by atoms with van der Waals surface area (Å²) in [5, 5.41) is 11.7. The second kappa shape index (κ2) is 17.0. The van der Waals surface area contributed by atoms with E-state index in [1.807, 2.05) is 12.1 Å². The maximum atomic E-state index is 12.0. The van der Waals surface area contributed by atoms with E-state index in [-0.39, 0.29) is 32.5 Å². The Hall–Kier alpha value is -2.81. The average molecular weight is 547 g/mol. The second-order valence-electron chi connectivity index (χ2n) is 10.5. The Balaban J connectivity index is 2.72. The third-order valence-corrected chi connectivity index (χ3v) is 6.49. The maximum absolute atomic E-state index is 12.0. The van der Waals surface area contributed by atoms with Crippen molar-refractivity contribution >= 4 is 6.29 Å². The summed E-state index contributed by atoms with van der Waals surface area (Å²) in [7, 11) is 4.66. The Bertz CT molecular complexity index is 1020. The van der Waals surface area contributed by atoms with Gasteiger partial charge in [-0.25, -0.2) is 0 Å². The largest absolute Gasteiger partial charge is 0.507 e. The van der Waals surface area contributed by atoms with Crippen molar-refractivity contribution in [2.75, 3.05) is 41.7 Å². The van der Waals surface area contributed by atoms with E-state index in [0.29, 0.717) is 40.9 Å². The number of phenols is 1. The molecule has 1 atom stereocenters. The molecule has 0 aliphatic rings. The molecule has 2 aromatic carbocycles. The summed E-state index contributed by atoms with van der Waals surface area (Å²) in [4.78, 5) is 12.0. The quantitative estimate of drug-likeness (QED) is 0.164. The fourth-order valence-electron chi connectivity index (χ4n) is 4.42. The minimum atomic E-state index is -0.460. The molecule has 1 N–H and O–H groups in total. The van der Waals surface area contributed by atoms with Crippen molar-refractivity contribution < 1.29 is 38.3 Å². The number of aromatic hydroxyl groups is 1. The van der Waals surface area contributed by atoms with Gasteiger partial charge in [0.2, 0.25) is 0 Å². The van der Waals surface area contributed by atoms with Crippen molar-refractivity contribution in [1.29, 1.82) is 0 Å². The second-order valence-corrected chi connectivity index (χ2v) is 10.5. The molecule has 0 radical (unpaired) electrons. The molecule has 0 saturated carbocycles. The predicted molar refractivity (Wildman–Crippen MR) is 151 cm³/mol. The molecule has 0 saturated heterocycles. The third-order valence-electron chi connectivity index (χ3n) is 6.49. The van der Waals surface area contributed by atoms with E-state index in [0.717, 1.165) is 42.4 Å². The van der Waals surface area contributed by atoms with Crippen LogP contribution in [0.2, 0.25) is 0 Å². The van der Waals surface area contributed by atoms with Gasteiger partial charge in [0, 0.05) is 50.9 Å². The third kappa shape index (κ3) is 9.71. The zero-order valence-corrected chi connectivity index (χ0v) is 24.6. The van der Waals surface area contributed by atoms with Crippen molar-refractivity contribution in [1.82, 2.24) is 0 Å². The number of hydrogen-bond acceptors (Lipinski definition) is 8. The summed E-state index contributed by atoms with van der Waals surface area (Å²) in [5.74, 6) is 2.15. The lowest BCUT2D eigenvalue weighted by Gasteiger charge is -2.25. The van der Waals surface area contributed by atoms with E-state index in [4.69, 9.17) is 28.4 Å². The summed E-state index contributed by atoms with van der Waals surface area (Å²) >= 11 is 0. The molecule has 8 heteroatoms. The van der Waals surface area contributed by atoms with Crippen LogP contribution in [0.4, 0.5) is 0 Å². The van der Waals surface area contributed by atoms with Gasteiger partial charge in [-0.15, -0.1) is 0 Å². The normalized spacial score (nSPS) is 12.1. The number of hydrogen-bond donors (Lipinski definition) is 1. The first kappa shape index (κ1) is 32.4. The van der Waals surface area contributed by atoms with Crippen molar-refractivity contribution in [3.8, 4) is 23.0 Å². The smallest absolute Gasteiger partial charge is 0.188 e. The van der Waals surface area contributed by atoms with Crippen LogP contribution in [0, 0.1) is 11.8 Å². The lowest BCUT2D eigenvalue weighted by molar-refractivity contribution is -0.108. The molecular weight excluding hydrogens is 500 g/mol. The van der Waals surface area contributed by atoms with E-state index in [9.17, 15) is 9.90 Å². The molecular formula is C31H46O8. The van der Waals surface area contributed by atoms with E-state index >= 15 is 0 Å². The number of aldehydes is 1. The summed E-state index contributed by atoms with van der Waals surface area (Å²) < 4.78 is 33.1. The van der Waals surface area contributed by atoms with Crippen LogP contribution in [0.25, 0.3) is 0 Å². The lowest BCUT2D eigenvalue weighted by Crippen LogP contribution is -2.12. The average Bonchev–Trinajstić information content (AvgIpc) is 2.91. The maximum Gasteiger partial charge on any atom is 0.188 e. The molecule has 218 valence electrons. The van der Waals surface area contributed by atoms with Gasteiger partial charge in [0.25, 0.3) is 0 Å². The number of carbonyl (C=O) groups is 1. The van der Waals surface area contributed by atoms with E-state index in [1.54, 1.807) is 20.3 Å². The van der Waals surface area contributed by atoms with Crippen LogP contribution < -0.4 is 14.2 Å². The van der Waals surface area contributed by atoms with Gasteiger partial charge in [-0.2, -0.15) is 0 Å². The van der Waals surface area contributed by atoms with Gasteiger partial charge in [-0.1, -0.05) is 39.8 Å². The molecule has 2 rings (SSSR count). The molecule has 0 aliphatic carbocycles. The van der Waals surface area contributed by atoms with Crippen molar-refractivity contribution in [3.63, 3.8) is 0 Å². The number of benzene rings is 2. The molecule has 0 fully saturated rings. The van der Waals surface area contributed by atoms with E-state index in [2.05, 4.69) is 33.8 Å². The monoisotopic (exact) mass is 546 g/mol. The van der Waals surface area contributed by atoms with Gasteiger partial charge < -0.3 is 38.3 Å². The Kier molecular flexibility index (Phi) is 14.1. The molecule has 0 heterocycles. The van der Waals surface area contributed by atoms with Crippen LogP contribution in [0.3, 0.4) is 0 Å². The van der Waals surface area contributed by atoms with Gasteiger partial charge in [0.15, 0.2) is 20.4 Å². The Labute approximate surface area is 233 Å². The molecule has 0 aromatic heterocycles. The fourth-order valence-corrected chi connectivity index (χ4v) is 4.42. The fraction of sp³-hybridized carbons (Fsp3) is 0.581. The highest BCUT2D eigenvalue weighted by molar-refractivity contribution is 5.64. The number of rotatable bonds is 19. The van der Waals surface area contributed by atoms with Gasteiger partial charge in [0.1, 0.15) is 29.3 Å². The number of phenolic OH excluding ortho intramolecular Hbond substituents is 1. The molecule has 39 heavy (non-hydrogen) atoms. The molecule has 8 nitrogen and oxygen atoms in total. The Morgan fingerprint density at radius 2 is 1.33 bits per heavy atom. The SMILES string of the molecule is COCOc1ccc(C(CC=O)c2c(OCOC)cc(OCOC)c(CCC(C)C)c2O)cc1CCC(C)C. The van der Waals surface area contributed by atoms with Crippen LogP contribution in [-0.2, 0) is 31.8 Å². The van der Waals surface area contributed by atoms with Gasteiger partial charge in [0.05, 0.1) is 0 Å². The molecule has 2 aromatic rings. The highest BCUT2D eigenvalue weighted by atomic mass is 16.7. The number of ether oxygens (including phenoxy) is 6. The first-order chi connectivity index (χ1) is 18.8. The van der Waals surface area contributed by atoms with Gasteiger partial charge >= 0.3 is 0 Å². The predicted octanol–water partition coefficient (Wildman–Crippen LogP) is 6.24. The van der Waals surface area contributed by atoms with Crippen molar-refractivity contribution in [3.05, 3.63) is 46.5 Å². The first-order valence-electron chi connectivity index (χ1n) is 13.6.